The van der Waals surface area contributed by atoms with Gasteiger partial charge in [0, 0.05) is 6.54 Å². The monoisotopic (exact) mass is 289 g/mol. The number of rotatable bonds is 4. The maximum absolute atomic E-state index is 12.0. The SMILES string of the molecule is CCN1C(=O)COC(C(=O)O)C1c1ccc(C2CC2)cc1. The Morgan fingerprint density at radius 1 is 1.29 bits per heavy atom. The molecule has 1 aromatic carbocycles. The largest absolute Gasteiger partial charge is 0.479 e. The molecule has 5 heteroatoms. The first-order valence-corrected chi connectivity index (χ1v) is 7.35. The average molecular weight is 289 g/mol. The Bertz CT molecular complexity index is 548. The van der Waals surface area contributed by atoms with E-state index in [0.717, 1.165) is 5.56 Å². The van der Waals surface area contributed by atoms with Crippen molar-refractivity contribution in [3.63, 3.8) is 0 Å². The zero-order chi connectivity index (χ0) is 15.0. The fourth-order valence-electron chi connectivity index (χ4n) is 2.97. The fourth-order valence-corrected chi connectivity index (χ4v) is 2.97. The van der Waals surface area contributed by atoms with E-state index in [1.807, 2.05) is 31.2 Å². The van der Waals surface area contributed by atoms with Crippen LogP contribution in [0.3, 0.4) is 0 Å². The van der Waals surface area contributed by atoms with Crippen LogP contribution in [0.25, 0.3) is 0 Å². The summed E-state index contributed by atoms with van der Waals surface area (Å²) in [7, 11) is 0. The van der Waals surface area contributed by atoms with Crippen molar-refractivity contribution in [2.75, 3.05) is 13.2 Å². The number of morpholine rings is 1. The number of ether oxygens (including phenoxy) is 1. The summed E-state index contributed by atoms with van der Waals surface area (Å²) >= 11 is 0. The van der Waals surface area contributed by atoms with Crippen LogP contribution in [0.4, 0.5) is 0 Å². The third-order valence-electron chi connectivity index (χ3n) is 4.24. The molecule has 0 radical (unpaired) electrons. The number of carboxylic acids is 1. The number of hydrogen-bond acceptors (Lipinski definition) is 3. The number of carbonyl (C=O) groups is 2. The maximum atomic E-state index is 12.0. The van der Waals surface area contributed by atoms with E-state index >= 15 is 0 Å². The lowest BCUT2D eigenvalue weighted by Crippen LogP contribution is -2.51. The lowest BCUT2D eigenvalue weighted by Gasteiger charge is -2.39. The van der Waals surface area contributed by atoms with Gasteiger partial charge in [0.25, 0.3) is 0 Å². The molecule has 1 saturated carbocycles. The Balaban J connectivity index is 1.92. The van der Waals surface area contributed by atoms with Crippen LogP contribution in [0.5, 0.6) is 0 Å². The van der Waals surface area contributed by atoms with Gasteiger partial charge in [0.15, 0.2) is 6.10 Å². The Morgan fingerprint density at radius 2 is 1.90 bits per heavy atom. The summed E-state index contributed by atoms with van der Waals surface area (Å²) in [6.45, 7) is 2.16. The van der Waals surface area contributed by atoms with Gasteiger partial charge < -0.3 is 14.7 Å². The van der Waals surface area contributed by atoms with E-state index < -0.39 is 18.1 Å². The average Bonchev–Trinajstić information content (AvgIpc) is 3.31. The van der Waals surface area contributed by atoms with Gasteiger partial charge in [-0.15, -0.1) is 0 Å². The van der Waals surface area contributed by atoms with Gasteiger partial charge in [-0.2, -0.15) is 0 Å². The smallest absolute Gasteiger partial charge is 0.335 e. The highest BCUT2D eigenvalue weighted by Crippen LogP contribution is 2.40. The van der Waals surface area contributed by atoms with E-state index in [4.69, 9.17) is 4.74 Å². The van der Waals surface area contributed by atoms with Crippen molar-refractivity contribution in [1.82, 2.24) is 4.90 Å². The second-order valence-electron chi connectivity index (χ2n) is 5.64. The highest BCUT2D eigenvalue weighted by molar-refractivity contribution is 5.83. The molecule has 2 unspecified atom stereocenters. The molecule has 1 amide bonds. The van der Waals surface area contributed by atoms with Gasteiger partial charge in [-0.25, -0.2) is 4.79 Å². The Labute approximate surface area is 123 Å². The number of carbonyl (C=O) groups excluding carboxylic acids is 1. The maximum Gasteiger partial charge on any atom is 0.335 e. The Morgan fingerprint density at radius 3 is 2.43 bits per heavy atom. The summed E-state index contributed by atoms with van der Waals surface area (Å²) in [6.07, 6.45) is 1.45. The molecule has 1 aromatic rings. The van der Waals surface area contributed by atoms with E-state index in [2.05, 4.69) is 0 Å². The highest BCUT2D eigenvalue weighted by Gasteiger charge is 2.41. The molecular weight excluding hydrogens is 270 g/mol. The molecule has 3 rings (SSSR count). The van der Waals surface area contributed by atoms with Crippen LogP contribution >= 0.6 is 0 Å². The van der Waals surface area contributed by atoms with Crippen LogP contribution in [0.1, 0.15) is 42.9 Å². The van der Waals surface area contributed by atoms with Crippen LogP contribution in [0.2, 0.25) is 0 Å². The first-order chi connectivity index (χ1) is 10.1. The van der Waals surface area contributed by atoms with Gasteiger partial charge in [-0.1, -0.05) is 24.3 Å². The zero-order valence-corrected chi connectivity index (χ0v) is 12.0. The lowest BCUT2D eigenvalue weighted by atomic mass is 9.96. The van der Waals surface area contributed by atoms with Crippen molar-refractivity contribution in [2.24, 2.45) is 0 Å². The number of benzene rings is 1. The summed E-state index contributed by atoms with van der Waals surface area (Å²) in [5, 5.41) is 9.36. The number of aliphatic carboxylic acids is 1. The molecule has 0 aromatic heterocycles. The quantitative estimate of drug-likeness (QED) is 0.920. The summed E-state index contributed by atoms with van der Waals surface area (Å²) in [6, 6.07) is 7.39. The van der Waals surface area contributed by atoms with Gasteiger partial charge in [-0.05, 0) is 36.8 Å². The van der Waals surface area contributed by atoms with Gasteiger partial charge in [0.05, 0.1) is 6.04 Å². The molecule has 2 fully saturated rings. The summed E-state index contributed by atoms with van der Waals surface area (Å²) in [4.78, 5) is 25.0. The van der Waals surface area contributed by atoms with Gasteiger partial charge in [0.1, 0.15) is 6.61 Å². The minimum absolute atomic E-state index is 0.161. The molecule has 2 aliphatic rings. The number of carboxylic acid groups (broad SMARTS) is 1. The highest BCUT2D eigenvalue weighted by atomic mass is 16.5. The topological polar surface area (TPSA) is 66.8 Å². The molecule has 1 aliphatic heterocycles. The van der Waals surface area contributed by atoms with Crippen LogP contribution in [0, 0.1) is 0 Å². The van der Waals surface area contributed by atoms with Crippen molar-refractivity contribution in [3.8, 4) is 0 Å². The van der Waals surface area contributed by atoms with E-state index in [9.17, 15) is 14.7 Å². The Hall–Kier alpha value is -1.88. The molecule has 0 bridgehead atoms. The van der Waals surface area contributed by atoms with E-state index in [0.29, 0.717) is 12.5 Å². The van der Waals surface area contributed by atoms with E-state index in [1.165, 1.54) is 18.4 Å². The predicted octanol–water partition coefficient (Wildman–Crippen LogP) is 1.94. The van der Waals surface area contributed by atoms with Crippen molar-refractivity contribution in [2.45, 2.75) is 37.8 Å². The fraction of sp³-hybridized carbons (Fsp3) is 0.500. The normalized spacial score (nSPS) is 26.0. The van der Waals surface area contributed by atoms with Crippen molar-refractivity contribution in [3.05, 3.63) is 35.4 Å². The molecule has 0 spiro atoms. The zero-order valence-electron chi connectivity index (χ0n) is 12.0. The molecule has 21 heavy (non-hydrogen) atoms. The Kier molecular flexibility index (Phi) is 3.68. The first-order valence-electron chi connectivity index (χ1n) is 7.35. The minimum Gasteiger partial charge on any atom is -0.479 e. The predicted molar refractivity (Wildman–Crippen MR) is 75.9 cm³/mol. The van der Waals surface area contributed by atoms with E-state index in [1.54, 1.807) is 4.90 Å². The molecule has 1 N–H and O–H groups in total. The van der Waals surface area contributed by atoms with Crippen LogP contribution < -0.4 is 0 Å². The number of hydrogen-bond donors (Lipinski definition) is 1. The molecule has 1 heterocycles. The molecular formula is C16H19NO4. The van der Waals surface area contributed by atoms with Crippen LogP contribution in [-0.4, -0.2) is 41.1 Å². The lowest BCUT2D eigenvalue weighted by molar-refractivity contribution is -0.172. The first kappa shape index (κ1) is 14.1. The molecule has 5 nitrogen and oxygen atoms in total. The second-order valence-corrected chi connectivity index (χ2v) is 5.64. The molecule has 2 atom stereocenters. The summed E-state index contributed by atoms with van der Waals surface area (Å²) in [5.74, 6) is -0.538. The molecule has 112 valence electrons. The minimum atomic E-state index is -1.03. The van der Waals surface area contributed by atoms with E-state index in [-0.39, 0.29) is 12.5 Å². The van der Waals surface area contributed by atoms with Gasteiger partial charge in [0.2, 0.25) is 5.91 Å². The van der Waals surface area contributed by atoms with Crippen molar-refractivity contribution in [1.29, 1.82) is 0 Å². The van der Waals surface area contributed by atoms with Gasteiger partial charge >= 0.3 is 5.97 Å². The third-order valence-corrected chi connectivity index (χ3v) is 4.24. The molecule has 1 saturated heterocycles. The second kappa shape index (κ2) is 5.48. The number of amides is 1. The molecule has 1 aliphatic carbocycles. The summed E-state index contributed by atoms with van der Waals surface area (Å²) < 4.78 is 5.25. The van der Waals surface area contributed by atoms with Crippen LogP contribution in [-0.2, 0) is 14.3 Å². The standard InChI is InChI=1S/C16H19NO4/c1-2-17-13(18)9-21-15(16(19)20)14(17)12-7-5-11(6-8-12)10-3-4-10/h5-8,10,14-15H,2-4,9H2,1H3,(H,19,20). The van der Waals surface area contributed by atoms with Gasteiger partial charge in [-0.3, -0.25) is 4.79 Å². The third kappa shape index (κ3) is 2.65. The van der Waals surface area contributed by atoms with Crippen LogP contribution in [0.15, 0.2) is 24.3 Å². The van der Waals surface area contributed by atoms with Crippen molar-refractivity contribution < 1.29 is 19.4 Å². The number of nitrogens with zero attached hydrogens (tertiary/aromatic N) is 1. The van der Waals surface area contributed by atoms with Crippen molar-refractivity contribution >= 4 is 11.9 Å². The summed E-state index contributed by atoms with van der Waals surface area (Å²) in [5.41, 5.74) is 2.11. The number of likely N-dealkylation sites (N-methyl/N-ethyl adjacent to an activating group) is 1.